The number of urea groups is 1. The van der Waals surface area contributed by atoms with E-state index >= 15 is 0 Å². The second-order valence-corrected chi connectivity index (χ2v) is 5.14. The zero-order valence-electron chi connectivity index (χ0n) is 12.4. The van der Waals surface area contributed by atoms with Crippen molar-refractivity contribution in [3.05, 3.63) is 70.4 Å². The molecule has 5 nitrogen and oxygen atoms in total. The molecule has 2 aromatic carbocycles. The lowest BCUT2D eigenvalue weighted by molar-refractivity contribution is 0.0959. The van der Waals surface area contributed by atoms with Crippen molar-refractivity contribution in [2.24, 2.45) is 0 Å². The van der Waals surface area contributed by atoms with Gasteiger partial charge in [0.05, 0.1) is 5.54 Å². The van der Waals surface area contributed by atoms with Crippen molar-refractivity contribution in [3.8, 4) is 5.75 Å². The molecule has 25 heavy (non-hydrogen) atoms. The molecule has 2 N–H and O–H groups in total. The molecule has 0 aliphatic carbocycles. The zero-order valence-corrected chi connectivity index (χ0v) is 13.9. The molecule has 2 rings (SSSR count). The molecule has 2 aromatic rings. The summed E-state index contributed by atoms with van der Waals surface area (Å²) in [6.07, 6.45) is 0. The highest BCUT2D eigenvalue weighted by molar-refractivity contribution is 6.35. The monoisotopic (exact) mass is 386 g/mol. The van der Waals surface area contributed by atoms with E-state index in [2.05, 4.69) is 5.32 Å². The molecule has 0 aliphatic heterocycles. The summed E-state index contributed by atoms with van der Waals surface area (Å²) in [4.78, 5) is 23.6. The highest BCUT2D eigenvalue weighted by Crippen LogP contribution is 2.19. The number of hydrogen-bond acceptors (Lipinski definition) is 3. The van der Waals surface area contributed by atoms with E-state index in [0.717, 1.165) is 23.7 Å². The van der Waals surface area contributed by atoms with Crippen molar-refractivity contribution in [1.29, 1.82) is 0 Å². The average Bonchev–Trinajstić information content (AvgIpc) is 2.56. The van der Waals surface area contributed by atoms with Crippen LogP contribution < -0.4 is 15.4 Å². The quantitative estimate of drug-likeness (QED) is 0.755. The van der Waals surface area contributed by atoms with Gasteiger partial charge in [-0.1, -0.05) is 17.7 Å². The predicted octanol–water partition coefficient (Wildman–Crippen LogP) is 4.58. The lowest BCUT2D eigenvalue weighted by atomic mass is 10.2. The summed E-state index contributed by atoms with van der Waals surface area (Å²) >= 11 is 10.9. The first-order chi connectivity index (χ1) is 11.9. The van der Waals surface area contributed by atoms with Crippen LogP contribution in [0.4, 0.5) is 19.3 Å². The van der Waals surface area contributed by atoms with Crippen LogP contribution in [0.2, 0.25) is 0 Å². The Morgan fingerprint density at radius 1 is 1.04 bits per heavy atom. The van der Waals surface area contributed by atoms with Crippen molar-refractivity contribution in [2.75, 3.05) is 5.32 Å². The molecule has 9 heteroatoms. The Kier molecular flexibility index (Phi) is 6.32. The predicted molar refractivity (Wildman–Crippen MR) is 89.7 cm³/mol. The van der Waals surface area contributed by atoms with Crippen LogP contribution in [0.25, 0.3) is 0 Å². The van der Waals surface area contributed by atoms with Gasteiger partial charge in [0.15, 0.2) is 0 Å². The van der Waals surface area contributed by atoms with E-state index in [1.165, 1.54) is 24.3 Å². The van der Waals surface area contributed by atoms with E-state index in [0.29, 0.717) is 11.4 Å². The van der Waals surface area contributed by atoms with Gasteiger partial charge in [-0.3, -0.25) is 10.1 Å². The van der Waals surface area contributed by atoms with Crippen LogP contribution in [0.5, 0.6) is 5.75 Å². The fraction of sp³-hybridized carbons (Fsp3) is 0. The van der Waals surface area contributed by atoms with E-state index in [1.807, 2.05) is 5.32 Å². The Morgan fingerprint density at radius 3 is 2.20 bits per heavy atom. The highest BCUT2D eigenvalue weighted by atomic mass is 35.5. The van der Waals surface area contributed by atoms with E-state index in [-0.39, 0.29) is 5.22 Å². The molecule has 0 aliphatic rings. The molecule has 3 amide bonds. The van der Waals surface area contributed by atoms with Gasteiger partial charge < -0.3 is 10.1 Å². The number of amides is 3. The first-order valence-corrected chi connectivity index (χ1v) is 7.52. The van der Waals surface area contributed by atoms with Gasteiger partial charge in [0.2, 0.25) is 5.22 Å². The summed E-state index contributed by atoms with van der Waals surface area (Å²) in [6, 6.07) is 7.86. The van der Waals surface area contributed by atoms with Gasteiger partial charge in [-0.2, -0.15) is 0 Å². The number of halogens is 4. The molecule has 0 bridgehead atoms. The van der Waals surface area contributed by atoms with Crippen LogP contribution in [-0.2, 0) is 0 Å². The van der Waals surface area contributed by atoms with E-state index in [1.54, 1.807) is 0 Å². The summed E-state index contributed by atoms with van der Waals surface area (Å²) in [7, 11) is 0. The first kappa shape index (κ1) is 18.7. The summed E-state index contributed by atoms with van der Waals surface area (Å²) < 4.78 is 32.1. The fourth-order valence-electron chi connectivity index (χ4n) is 1.78. The van der Waals surface area contributed by atoms with Crippen LogP contribution in [0.15, 0.2) is 53.2 Å². The Bertz CT molecular complexity index is 806. The molecule has 0 saturated heterocycles. The van der Waals surface area contributed by atoms with Crippen molar-refractivity contribution in [2.45, 2.75) is 0 Å². The molecule has 130 valence electrons. The van der Waals surface area contributed by atoms with Gasteiger partial charge in [-0.05, 0) is 48.0 Å². The fourth-order valence-corrected chi connectivity index (χ4v) is 1.92. The van der Waals surface area contributed by atoms with Crippen LogP contribution in [0.1, 0.15) is 10.4 Å². The third-order valence-electron chi connectivity index (χ3n) is 2.83. The molecular formula is C16H10Cl2F2N2O3. The zero-order chi connectivity index (χ0) is 18.4. The van der Waals surface area contributed by atoms with Crippen LogP contribution in [0.3, 0.4) is 0 Å². The van der Waals surface area contributed by atoms with Crippen molar-refractivity contribution in [3.63, 3.8) is 0 Å². The molecule has 0 unspecified atom stereocenters. The van der Waals surface area contributed by atoms with Crippen molar-refractivity contribution < 1.29 is 23.1 Å². The van der Waals surface area contributed by atoms with Crippen LogP contribution in [0, 0.1) is 11.6 Å². The Labute approximate surface area is 151 Å². The second-order valence-electron chi connectivity index (χ2n) is 4.54. The molecular weight excluding hydrogens is 377 g/mol. The average molecular weight is 387 g/mol. The molecule has 0 fully saturated rings. The van der Waals surface area contributed by atoms with Gasteiger partial charge in [-0.25, -0.2) is 13.6 Å². The van der Waals surface area contributed by atoms with Crippen molar-refractivity contribution >= 4 is 40.8 Å². The van der Waals surface area contributed by atoms with Crippen LogP contribution >= 0.6 is 23.2 Å². The number of hydrogen-bond donors (Lipinski definition) is 2. The Balaban J connectivity index is 1.99. The maximum atomic E-state index is 13.5. The molecule has 0 aromatic heterocycles. The Hall–Kier alpha value is -2.64. The second kappa shape index (κ2) is 8.46. The summed E-state index contributed by atoms with van der Waals surface area (Å²) in [5.74, 6) is -2.99. The van der Waals surface area contributed by atoms with Crippen molar-refractivity contribution in [1.82, 2.24) is 5.32 Å². The maximum Gasteiger partial charge on any atom is 0.326 e. The van der Waals surface area contributed by atoms with Gasteiger partial charge >= 0.3 is 6.03 Å². The first-order valence-electron chi connectivity index (χ1n) is 6.71. The van der Waals surface area contributed by atoms with Gasteiger partial charge in [0, 0.05) is 5.69 Å². The highest BCUT2D eigenvalue weighted by Gasteiger charge is 2.19. The topological polar surface area (TPSA) is 67.4 Å². The van der Waals surface area contributed by atoms with E-state index < -0.39 is 29.1 Å². The largest absolute Gasteiger partial charge is 0.444 e. The lowest BCUT2D eigenvalue weighted by Gasteiger charge is -2.09. The van der Waals surface area contributed by atoms with Crippen LogP contribution in [-0.4, -0.2) is 11.9 Å². The molecule has 0 heterocycles. The van der Waals surface area contributed by atoms with Gasteiger partial charge in [0.1, 0.15) is 22.9 Å². The number of carbonyl (C=O) groups is 2. The summed E-state index contributed by atoms with van der Waals surface area (Å²) in [5, 5.41) is 4.12. The summed E-state index contributed by atoms with van der Waals surface area (Å²) in [6.45, 7) is 0. The number of imide groups is 1. The number of nitrogens with one attached hydrogen (secondary N) is 2. The third-order valence-corrected chi connectivity index (χ3v) is 3.33. The van der Waals surface area contributed by atoms with E-state index in [4.69, 9.17) is 27.9 Å². The summed E-state index contributed by atoms with van der Waals surface area (Å²) in [5.41, 5.74) is 0.496. The van der Waals surface area contributed by atoms with Gasteiger partial charge in [-0.15, -0.1) is 0 Å². The minimum Gasteiger partial charge on any atom is -0.444 e. The number of carbonyl (C=O) groups excluding carboxylic acids is 2. The molecule has 0 spiro atoms. The Morgan fingerprint density at radius 2 is 1.64 bits per heavy atom. The minimum atomic E-state index is -1.20. The standard InChI is InChI=1S/C16H10Cl2F2N2O3/c17-8-13(18)25-10-6-4-9(5-7-10)21-16(24)22-15(23)14-11(19)2-1-3-12(14)20/h1-8H,(H2,21,22,23,24)/b13-8+. The normalized spacial score (nSPS) is 11.0. The molecule has 0 radical (unpaired) electrons. The maximum absolute atomic E-state index is 13.5. The third kappa shape index (κ3) is 5.17. The SMILES string of the molecule is O=C(NC(=O)c1c(F)cccc1F)Nc1ccc(O/C(Cl)=C/Cl)cc1. The number of benzene rings is 2. The van der Waals surface area contributed by atoms with E-state index in [9.17, 15) is 18.4 Å². The smallest absolute Gasteiger partial charge is 0.326 e. The number of rotatable bonds is 4. The van der Waals surface area contributed by atoms with Gasteiger partial charge in [0.25, 0.3) is 5.91 Å². The minimum absolute atomic E-state index is 0.0439. The number of ether oxygens (including phenoxy) is 1. The number of anilines is 1. The molecule has 0 saturated carbocycles. The molecule has 0 atom stereocenters. The lowest BCUT2D eigenvalue weighted by Crippen LogP contribution is -2.35.